The smallest absolute Gasteiger partial charge is 0.424 e. The van der Waals surface area contributed by atoms with Gasteiger partial charge >= 0.3 is 12.1 Å². The van der Waals surface area contributed by atoms with Gasteiger partial charge in [-0.2, -0.15) is 4.31 Å². The topological polar surface area (TPSA) is 133 Å². The number of nitro benzene ring substituents is 1. The Hall–Kier alpha value is -2.95. The Kier molecular flexibility index (Phi) is 5.60. The monoisotopic (exact) mass is 384 g/mol. The van der Waals surface area contributed by atoms with E-state index in [0.717, 1.165) is 24.3 Å². The van der Waals surface area contributed by atoms with E-state index >= 15 is 0 Å². The number of sulfonamides is 1. The van der Waals surface area contributed by atoms with Crippen LogP contribution in [0.5, 0.6) is 0 Å². The van der Waals surface area contributed by atoms with Crippen LogP contribution in [0.25, 0.3) is 0 Å². The van der Waals surface area contributed by atoms with Crippen LogP contribution in [0.2, 0.25) is 0 Å². The summed E-state index contributed by atoms with van der Waals surface area (Å²) in [5, 5.41) is 10.7. The van der Waals surface area contributed by atoms with Crippen LogP contribution in [0.3, 0.4) is 0 Å². The van der Waals surface area contributed by atoms with E-state index in [-0.39, 0.29) is 23.4 Å². The standard InChI is InChI=1S/C15H16N2O8S/c1-3-10-8-12(9-14(18)24-2)25-15(19)16(10)26(22,23)13-6-4-11(5-7-13)17(20)21/h3-7,10,12H,1,8-9H2,2H3/t10-,12-/m0/s1. The molecular weight excluding hydrogens is 368 g/mol. The maximum atomic E-state index is 12.7. The Bertz CT molecular complexity index is 834. The fourth-order valence-corrected chi connectivity index (χ4v) is 3.93. The van der Waals surface area contributed by atoms with Crippen LogP contribution in [0.1, 0.15) is 12.8 Å². The van der Waals surface area contributed by atoms with Crippen LogP contribution < -0.4 is 0 Å². The van der Waals surface area contributed by atoms with Gasteiger partial charge in [0.2, 0.25) is 0 Å². The van der Waals surface area contributed by atoms with Crippen molar-refractivity contribution in [3.63, 3.8) is 0 Å². The molecule has 1 aliphatic rings. The molecule has 0 unspecified atom stereocenters. The molecule has 1 amide bonds. The molecule has 0 radical (unpaired) electrons. The van der Waals surface area contributed by atoms with Crippen LogP contribution >= 0.6 is 0 Å². The van der Waals surface area contributed by atoms with Gasteiger partial charge in [-0.05, 0) is 12.1 Å². The number of rotatable bonds is 6. The first-order chi connectivity index (χ1) is 12.2. The molecule has 1 fully saturated rings. The third-order valence-electron chi connectivity index (χ3n) is 3.75. The summed E-state index contributed by atoms with van der Waals surface area (Å²) in [6, 6.07) is 3.16. The van der Waals surface area contributed by atoms with E-state index < -0.39 is 39.2 Å². The zero-order valence-corrected chi connectivity index (χ0v) is 14.5. The predicted molar refractivity (Wildman–Crippen MR) is 87.6 cm³/mol. The summed E-state index contributed by atoms with van der Waals surface area (Å²) in [7, 11) is -3.14. The van der Waals surface area contributed by atoms with E-state index in [1.54, 1.807) is 0 Å². The number of benzene rings is 1. The Morgan fingerprint density at radius 3 is 2.58 bits per heavy atom. The Morgan fingerprint density at radius 1 is 1.46 bits per heavy atom. The van der Waals surface area contributed by atoms with Gasteiger partial charge in [0.05, 0.1) is 29.4 Å². The lowest BCUT2D eigenvalue weighted by Crippen LogP contribution is -2.51. The fourth-order valence-electron chi connectivity index (χ4n) is 2.46. The second-order valence-corrected chi connectivity index (χ2v) is 7.19. The second-order valence-electron chi connectivity index (χ2n) is 5.38. The third-order valence-corrected chi connectivity index (χ3v) is 5.56. The van der Waals surface area contributed by atoms with Gasteiger partial charge in [0.25, 0.3) is 15.7 Å². The average Bonchev–Trinajstić information content (AvgIpc) is 2.60. The number of non-ortho nitro benzene ring substituents is 1. The maximum absolute atomic E-state index is 12.7. The molecule has 0 bridgehead atoms. The molecule has 0 N–H and O–H groups in total. The molecule has 1 aliphatic heterocycles. The quantitative estimate of drug-likeness (QED) is 0.313. The van der Waals surface area contributed by atoms with Gasteiger partial charge in [-0.3, -0.25) is 14.9 Å². The highest BCUT2D eigenvalue weighted by Crippen LogP contribution is 2.29. The number of hydrogen-bond acceptors (Lipinski definition) is 8. The van der Waals surface area contributed by atoms with Crippen LogP contribution in [0.15, 0.2) is 41.8 Å². The molecule has 1 saturated heterocycles. The first kappa shape index (κ1) is 19.4. The third kappa shape index (κ3) is 3.82. The van der Waals surface area contributed by atoms with Crippen LogP contribution in [0, 0.1) is 10.1 Å². The van der Waals surface area contributed by atoms with Crippen molar-refractivity contribution in [3.05, 3.63) is 47.0 Å². The number of esters is 1. The van der Waals surface area contributed by atoms with Crippen molar-refractivity contribution in [2.45, 2.75) is 29.9 Å². The molecule has 2 atom stereocenters. The van der Waals surface area contributed by atoms with Crippen molar-refractivity contribution in [1.29, 1.82) is 0 Å². The van der Waals surface area contributed by atoms with Crippen LogP contribution in [0.4, 0.5) is 10.5 Å². The number of cyclic esters (lactones) is 1. The van der Waals surface area contributed by atoms with Gasteiger partial charge in [0.1, 0.15) is 6.10 Å². The lowest BCUT2D eigenvalue weighted by molar-refractivity contribution is -0.384. The number of amides is 1. The summed E-state index contributed by atoms with van der Waals surface area (Å²) in [6.45, 7) is 3.53. The highest BCUT2D eigenvalue weighted by molar-refractivity contribution is 7.89. The first-order valence-corrected chi connectivity index (χ1v) is 8.83. The molecule has 10 nitrogen and oxygen atoms in total. The van der Waals surface area contributed by atoms with Crippen molar-refractivity contribution >= 4 is 27.8 Å². The maximum Gasteiger partial charge on any atom is 0.424 e. The van der Waals surface area contributed by atoms with Crippen molar-refractivity contribution < 1.29 is 32.4 Å². The molecule has 0 aromatic heterocycles. The molecule has 0 spiro atoms. The first-order valence-electron chi connectivity index (χ1n) is 7.39. The molecule has 1 heterocycles. The SMILES string of the molecule is C=C[C@H]1C[C@@H](CC(=O)OC)OC(=O)N1S(=O)(=O)c1ccc([N+](=O)[O-])cc1. The lowest BCUT2D eigenvalue weighted by Gasteiger charge is -2.36. The number of carbonyl (C=O) groups excluding carboxylic acids is 2. The van der Waals surface area contributed by atoms with Gasteiger partial charge in [-0.15, -0.1) is 6.58 Å². The van der Waals surface area contributed by atoms with E-state index in [0.29, 0.717) is 4.31 Å². The van der Waals surface area contributed by atoms with Crippen molar-refractivity contribution in [1.82, 2.24) is 4.31 Å². The summed E-state index contributed by atoms with van der Waals surface area (Å²) >= 11 is 0. The summed E-state index contributed by atoms with van der Waals surface area (Å²) in [4.78, 5) is 33.3. The predicted octanol–water partition coefficient (Wildman–Crippen LogP) is 1.61. The van der Waals surface area contributed by atoms with E-state index in [2.05, 4.69) is 11.3 Å². The van der Waals surface area contributed by atoms with Crippen molar-refractivity contribution in [3.8, 4) is 0 Å². The summed E-state index contributed by atoms with van der Waals surface area (Å²) in [6.07, 6.45) is -0.933. The molecule has 140 valence electrons. The molecule has 1 aromatic rings. The van der Waals surface area contributed by atoms with Gasteiger partial charge < -0.3 is 9.47 Å². The zero-order valence-electron chi connectivity index (χ0n) is 13.7. The summed E-state index contributed by atoms with van der Waals surface area (Å²) in [5.74, 6) is -0.600. The minimum atomic E-state index is -4.32. The van der Waals surface area contributed by atoms with E-state index in [9.17, 15) is 28.1 Å². The minimum absolute atomic E-state index is 0.0244. The number of nitro groups is 1. The molecule has 11 heteroatoms. The van der Waals surface area contributed by atoms with Crippen LogP contribution in [-0.4, -0.2) is 49.0 Å². The van der Waals surface area contributed by atoms with Crippen molar-refractivity contribution in [2.24, 2.45) is 0 Å². The average molecular weight is 384 g/mol. The minimum Gasteiger partial charge on any atom is -0.469 e. The van der Waals surface area contributed by atoms with E-state index in [1.807, 2.05) is 0 Å². The Morgan fingerprint density at radius 2 is 2.08 bits per heavy atom. The second kappa shape index (κ2) is 7.52. The molecular formula is C15H16N2O8S. The molecule has 1 aromatic carbocycles. The molecule has 2 rings (SSSR count). The molecule has 0 saturated carbocycles. The number of carbonyl (C=O) groups is 2. The highest BCUT2D eigenvalue weighted by atomic mass is 32.2. The normalized spacial score (nSPS) is 20.2. The number of methoxy groups -OCH3 is 1. The molecule has 0 aliphatic carbocycles. The Labute approximate surface area is 149 Å². The van der Waals surface area contributed by atoms with Gasteiger partial charge in [-0.25, -0.2) is 13.2 Å². The summed E-state index contributed by atoms with van der Waals surface area (Å²) < 4.78 is 35.5. The number of hydrogen-bond donors (Lipinski definition) is 0. The number of ether oxygens (including phenoxy) is 2. The van der Waals surface area contributed by atoms with Gasteiger partial charge in [0.15, 0.2) is 0 Å². The van der Waals surface area contributed by atoms with Gasteiger partial charge in [0, 0.05) is 18.6 Å². The van der Waals surface area contributed by atoms with Crippen molar-refractivity contribution in [2.75, 3.05) is 7.11 Å². The van der Waals surface area contributed by atoms with E-state index in [1.165, 1.54) is 13.2 Å². The Balaban J connectivity index is 2.30. The fraction of sp³-hybridized carbons (Fsp3) is 0.333. The zero-order chi connectivity index (χ0) is 19.5. The summed E-state index contributed by atoms with van der Waals surface area (Å²) in [5.41, 5.74) is -0.288. The van der Waals surface area contributed by atoms with Crippen LogP contribution in [-0.2, 0) is 24.3 Å². The largest absolute Gasteiger partial charge is 0.469 e. The lowest BCUT2D eigenvalue weighted by atomic mass is 10.1. The number of nitrogens with zero attached hydrogens (tertiary/aromatic N) is 2. The van der Waals surface area contributed by atoms with E-state index in [4.69, 9.17) is 4.74 Å². The highest BCUT2D eigenvalue weighted by Gasteiger charge is 2.42. The van der Waals surface area contributed by atoms with Gasteiger partial charge in [-0.1, -0.05) is 6.08 Å². The molecule has 26 heavy (non-hydrogen) atoms.